The van der Waals surface area contributed by atoms with Crippen molar-refractivity contribution in [3.8, 4) is 11.4 Å². The summed E-state index contributed by atoms with van der Waals surface area (Å²) in [5.41, 5.74) is 0.658. The number of carbonyl (C=O) groups is 1. The van der Waals surface area contributed by atoms with Crippen molar-refractivity contribution in [1.82, 2.24) is 15.2 Å². The maximum absolute atomic E-state index is 10.9. The molecule has 1 aromatic carbocycles. The molecule has 0 saturated carbocycles. The molecule has 1 aromatic heterocycles. The Morgan fingerprint density at radius 1 is 1.12 bits per heavy atom. The lowest BCUT2D eigenvalue weighted by Gasteiger charge is -2.38. The first kappa shape index (κ1) is 17.5. The van der Waals surface area contributed by atoms with Crippen LogP contribution < -0.4 is 0 Å². The summed E-state index contributed by atoms with van der Waals surface area (Å²) in [5.74, 6) is -0.707. The maximum atomic E-state index is 10.9. The third-order valence-electron chi connectivity index (χ3n) is 4.05. The minimum atomic E-state index is -1.51. The van der Waals surface area contributed by atoms with Gasteiger partial charge in [0.2, 0.25) is 0 Å². The molecule has 6 N–H and O–H groups in total. The predicted molar refractivity (Wildman–Crippen MR) is 81.5 cm³/mol. The number of rotatable bonds is 4. The monoisotopic (exact) mass is 351 g/mol. The van der Waals surface area contributed by atoms with Crippen LogP contribution in [-0.4, -0.2) is 77.7 Å². The number of aromatic nitrogens is 3. The van der Waals surface area contributed by atoms with Crippen molar-refractivity contribution in [2.45, 2.75) is 30.5 Å². The van der Waals surface area contributed by atoms with Gasteiger partial charge in [0.1, 0.15) is 30.5 Å². The zero-order valence-corrected chi connectivity index (χ0v) is 12.9. The average molecular weight is 351 g/mol. The second-order valence-electron chi connectivity index (χ2n) is 5.68. The smallest absolute Gasteiger partial charge is 0.335 e. The largest absolute Gasteiger partial charge is 0.478 e. The van der Waals surface area contributed by atoms with Gasteiger partial charge in [-0.15, -0.1) is 0 Å². The number of nitrogens with one attached hydrogen (secondary N) is 1. The first-order valence-electron chi connectivity index (χ1n) is 7.49. The summed E-state index contributed by atoms with van der Waals surface area (Å²) >= 11 is 0. The van der Waals surface area contributed by atoms with Crippen LogP contribution in [0.25, 0.3) is 11.4 Å². The van der Waals surface area contributed by atoms with Crippen molar-refractivity contribution in [2.75, 3.05) is 6.61 Å². The van der Waals surface area contributed by atoms with Gasteiger partial charge in [-0.05, 0) is 12.1 Å². The lowest BCUT2D eigenvalue weighted by atomic mass is 9.95. The number of carboxylic acids is 1. The topological polar surface area (TPSA) is 169 Å². The van der Waals surface area contributed by atoms with Crippen molar-refractivity contribution < 1.29 is 35.1 Å². The van der Waals surface area contributed by atoms with E-state index in [0.717, 1.165) is 0 Å². The van der Waals surface area contributed by atoms with Crippen LogP contribution in [0.4, 0.5) is 0 Å². The van der Waals surface area contributed by atoms with Crippen molar-refractivity contribution in [1.29, 1.82) is 0 Å². The molecule has 0 radical (unpaired) electrons. The SMILES string of the molecule is O=C(O)c1ccc(-c2n[nH]c([C@@H]3O[C@H](CO)[C@@H](O)[C@H](O)[C@H]3O)n2)cc1. The van der Waals surface area contributed by atoms with Crippen molar-refractivity contribution in [2.24, 2.45) is 0 Å². The Hall–Kier alpha value is -2.37. The number of hydrogen-bond donors (Lipinski definition) is 6. The summed E-state index contributed by atoms with van der Waals surface area (Å²) in [6.45, 7) is -0.543. The highest BCUT2D eigenvalue weighted by Crippen LogP contribution is 2.31. The van der Waals surface area contributed by atoms with Gasteiger partial charge in [-0.1, -0.05) is 12.1 Å². The highest BCUT2D eigenvalue weighted by molar-refractivity contribution is 5.88. The highest BCUT2D eigenvalue weighted by atomic mass is 16.5. The number of benzene rings is 1. The standard InChI is InChI=1S/C15H17N3O7/c19-5-8-9(20)10(21)11(22)12(25-8)14-16-13(17-18-14)6-1-3-7(4-2-6)15(23)24/h1-4,8-12,19-22H,5H2,(H,23,24)(H,16,17,18)/t8-,9-,10+,11-,12-/m1/s1. The number of aromatic amines is 1. The molecular formula is C15H17N3O7. The zero-order valence-electron chi connectivity index (χ0n) is 12.9. The van der Waals surface area contributed by atoms with Gasteiger partial charge in [-0.25, -0.2) is 9.78 Å². The van der Waals surface area contributed by atoms with Crippen molar-refractivity contribution in [3.05, 3.63) is 35.7 Å². The number of ether oxygens (including phenoxy) is 1. The van der Waals surface area contributed by atoms with E-state index < -0.39 is 43.1 Å². The van der Waals surface area contributed by atoms with E-state index in [1.807, 2.05) is 0 Å². The maximum Gasteiger partial charge on any atom is 0.335 e. The molecule has 0 bridgehead atoms. The molecule has 3 rings (SSSR count). The van der Waals surface area contributed by atoms with Crippen LogP contribution in [-0.2, 0) is 4.74 Å². The van der Waals surface area contributed by atoms with Gasteiger partial charge in [0.05, 0.1) is 12.2 Å². The van der Waals surface area contributed by atoms with Crippen LogP contribution in [0.1, 0.15) is 22.3 Å². The molecule has 2 heterocycles. The Kier molecular flexibility index (Phi) is 4.79. The predicted octanol–water partition coefficient (Wildman–Crippen LogP) is -1.32. The summed E-state index contributed by atoms with van der Waals surface area (Å²) in [5, 5.41) is 54.4. The van der Waals surface area contributed by atoms with Crippen LogP contribution in [0, 0.1) is 0 Å². The van der Waals surface area contributed by atoms with Crippen molar-refractivity contribution in [3.63, 3.8) is 0 Å². The number of nitrogens with zero attached hydrogens (tertiary/aromatic N) is 2. The Morgan fingerprint density at radius 3 is 2.40 bits per heavy atom. The number of H-pyrrole nitrogens is 1. The molecule has 1 aliphatic heterocycles. The summed E-state index contributed by atoms with van der Waals surface area (Å²) in [6, 6.07) is 5.87. The number of aromatic carboxylic acids is 1. The van der Waals surface area contributed by atoms with E-state index in [4.69, 9.17) is 9.84 Å². The Morgan fingerprint density at radius 2 is 1.80 bits per heavy atom. The average Bonchev–Trinajstić information content (AvgIpc) is 3.10. The molecule has 0 spiro atoms. The van der Waals surface area contributed by atoms with E-state index in [1.165, 1.54) is 24.3 Å². The number of hydrogen-bond acceptors (Lipinski definition) is 8. The highest BCUT2D eigenvalue weighted by Gasteiger charge is 2.45. The lowest BCUT2D eigenvalue weighted by molar-refractivity contribution is -0.233. The van der Waals surface area contributed by atoms with Crippen LogP contribution in [0.15, 0.2) is 24.3 Å². The van der Waals surface area contributed by atoms with Crippen LogP contribution in [0.3, 0.4) is 0 Å². The summed E-state index contributed by atoms with van der Waals surface area (Å²) in [6.07, 6.45) is -6.60. The van der Waals surface area contributed by atoms with Gasteiger partial charge in [-0.2, -0.15) is 5.10 Å². The molecule has 10 nitrogen and oxygen atoms in total. The minimum absolute atomic E-state index is 0.106. The van der Waals surface area contributed by atoms with Crippen LogP contribution in [0.5, 0.6) is 0 Å². The van der Waals surface area contributed by atoms with Gasteiger partial charge in [0.15, 0.2) is 11.6 Å². The second-order valence-corrected chi connectivity index (χ2v) is 5.68. The molecule has 134 valence electrons. The van der Waals surface area contributed by atoms with E-state index in [1.54, 1.807) is 0 Å². The molecule has 5 atom stereocenters. The van der Waals surface area contributed by atoms with Gasteiger partial charge in [0, 0.05) is 5.56 Å². The fraction of sp³-hybridized carbons (Fsp3) is 0.400. The second kappa shape index (κ2) is 6.86. The number of aliphatic hydroxyl groups excluding tert-OH is 4. The molecule has 1 aliphatic rings. The third-order valence-corrected chi connectivity index (χ3v) is 4.05. The molecule has 0 amide bonds. The molecule has 2 aromatic rings. The summed E-state index contributed by atoms with van der Waals surface area (Å²) < 4.78 is 5.39. The third kappa shape index (κ3) is 3.25. The fourth-order valence-electron chi connectivity index (χ4n) is 2.62. The van der Waals surface area contributed by atoms with Gasteiger partial charge >= 0.3 is 5.97 Å². The van der Waals surface area contributed by atoms with E-state index >= 15 is 0 Å². The summed E-state index contributed by atoms with van der Waals surface area (Å²) in [4.78, 5) is 15.0. The number of aliphatic hydroxyl groups is 4. The van der Waals surface area contributed by atoms with E-state index in [-0.39, 0.29) is 17.2 Å². The Bertz CT molecular complexity index is 746. The lowest BCUT2D eigenvalue weighted by Crippen LogP contribution is -2.55. The van der Waals surface area contributed by atoms with E-state index in [9.17, 15) is 25.2 Å². The summed E-state index contributed by atoms with van der Waals surface area (Å²) in [7, 11) is 0. The molecule has 10 heteroatoms. The zero-order chi connectivity index (χ0) is 18.1. The van der Waals surface area contributed by atoms with Gasteiger partial charge < -0.3 is 30.3 Å². The van der Waals surface area contributed by atoms with E-state index in [0.29, 0.717) is 5.56 Å². The molecule has 0 unspecified atom stereocenters. The fourth-order valence-corrected chi connectivity index (χ4v) is 2.62. The van der Waals surface area contributed by atoms with Gasteiger partial charge in [-0.3, -0.25) is 5.10 Å². The minimum Gasteiger partial charge on any atom is -0.478 e. The van der Waals surface area contributed by atoms with Crippen LogP contribution >= 0.6 is 0 Å². The number of carboxylic acid groups (broad SMARTS) is 1. The first-order chi connectivity index (χ1) is 11.9. The normalized spacial score (nSPS) is 29.5. The van der Waals surface area contributed by atoms with E-state index in [2.05, 4.69) is 15.2 Å². The molecule has 1 fully saturated rings. The van der Waals surface area contributed by atoms with Crippen molar-refractivity contribution >= 4 is 5.97 Å². The quantitative estimate of drug-likeness (QED) is 0.391. The van der Waals surface area contributed by atoms with Gasteiger partial charge in [0.25, 0.3) is 0 Å². The Balaban J connectivity index is 1.84. The Labute approximate surface area is 141 Å². The molecular weight excluding hydrogens is 334 g/mol. The van der Waals surface area contributed by atoms with Crippen LogP contribution in [0.2, 0.25) is 0 Å². The first-order valence-corrected chi connectivity index (χ1v) is 7.49. The molecule has 1 saturated heterocycles. The molecule has 0 aliphatic carbocycles. The molecule has 25 heavy (non-hydrogen) atoms.